The highest BCUT2D eigenvalue weighted by Gasteiger charge is 2.31. The van der Waals surface area contributed by atoms with E-state index in [1.807, 2.05) is 35.1 Å². The Kier molecular flexibility index (Phi) is 4.09. The predicted octanol–water partition coefficient (Wildman–Crippen LogP) is 3.27. The molecule has 1 amide bonds. The summed E-state index contributed by atoms with van der Waals surface area (Å²) in [5.74, 6) is 0.621. The lowest BCUT2D eigenvalue weighted by Crippen LogP contribution is -2.41. The fourth-order valence-electron chi connectivity index (χ4n) is 3.36. The number of carbonyl (C=O) groups is 1. The topological polar surface area (TPSA) is 64.2 Å². The van der Waals surface area contributed by atoms with Gasteiger partial charge in [0.05, 0.1) is 6.04 Å². The molecule has 1 atom stereocenters. The Morgan fingerprint density at radius 2 is 2.20 bits per heavy atom. The molecular formula is C19H20N4O2. The zero-order chi connectivity index (χ0) is 17.2. The zero-order valence-electron chi connectivity index (χ0n) is 14.1. The van der Waals surface area contributed by atoms with Gasteiger partial charge in [0.15, 0.2) is 5.69 Å². The second kappa shape index (κ2) is 6.55. The fourth-order valence-corrected chi connectivity index (χ4v) is 3.36. The van der Waals surface area contributed by atoms with Gasteiger partial charge in [-0.3, -0.25) is 9.48 Å². The van der Waals surface area contributed by atoms with Crippen LogP contribution >= 0.6 is 0 Å². The first-order valence-electron chi connectivity index (χ1n) is 8.60. The molecule has 1 aliphatic rings. The van der Waals surface area contributed by atoms with Crippen LogP contribution in [0.2, 0.25) is 0 Å². The van der Waals surface area contributed by atoms with Crippen LogP contribution in [0.4, 0.5) is 5.69 Å². The minimum atomic E-state index is -0.129. The maximum atomic E-state index is 13.1. The molecule has 0 bridgehead atoms. The summed E-state index contributed by atoms with van der Waals surface area (Å²) in [6, 6.07) is 11.8. The Bertz CT molecular complexity index is 869. The maximum absolute atomic E-state index is 13.1. The van der Waals surface area contributed by atoms with Crippen LogP contribution in [0.15, 0.2) is 53.3 Å². The molecule has 0 radical (unpaired) electrons. The van der Waals surface area contributed by atoms with E-state index in [2.05, 4.69) is 23.2 Å². The minimum Gasteiger partial charge on any atom is -0.361 e. The third kappa shape index (κ3) is 2.95. The van der Waals surface area contributed by atoms with Crippen molar-refractivity contribution in [1.82, 2.24) is 14.9 Å². The molecule has 0 spiro atoms. The van der Waals surface area contributed by atoms with E-state index in [1.165, 1.54) is 0 Å². The van der Waals surface area contributed by atoms with Gasteiger partial charge in [-0.15, -0.1) is 0 Å². The number of fused-ring (bicyclic) bond motifs is 1. The molecule has 128 valence electrons. The highest BCUT2D eigenvalue weighted by Crippen LogP contribution is 2.32. The molecule has 0 fully saturated rings. The monoisotopic (exact) mass is 336 g/mol. The van der Waals surface area contributed by atoms with Gasteiger partial charge in [0.2, 0.25) is 0 Å². The molecule has 0 saturated carbocycles. The fraction of sp³-hybridized carbons (Fsp3) is 0.316. The molecular weight excluding hydrogens is 316 g/mol. The smallest absolute Gasteiger partial charge is 0.280 e. The lowest BCUT2D eigenvalue weighted by Gasteiger charge is -2.34. The van der Waals surface area contributed by atoms with Crippen molar-refractivity contribution in [1.29, 1.82) is 0 Å². The molecule has 6 heteroatoms. The number of benzene rings is 1. The van der Waals surface area contributed by atoms with Crippen LogP contribution in [0.5, 0.6) is 0 Å². The summed E-state index contributed by atoms with van der Waals surface area (Å²) in [7, 11) is 0. The van der Waals surface area contributed by atoms with Crippen molar-refractivity contribution in [2.75, 3.05) is 11.4 Å². The van der Waals surface area contributed by atoms with Gasteiger partial charge in [-0.05, 0) is 30.5 Å². The number of nitrogens with zero attached hydrogens (tertiary/aromatic N) is 4. The van der Waals surface area contributed by atoms with Crippen molar-refractivity contribution in [2.24, 2.45) is 0 Å². The number of hydrogen-bond donors (Lipinski definition) is 0. The summed E-state index contributed by atoms with van der Waals surface area (Å²) in [6.45, 7) is 2.63. The number of rotatable bonds is 4. The second-order valence-electron chi connectivity index (χ2n) is 6.32. The lowest BCUT2D eigenvalue weighted by molar-refractivity contribution is 0.0971. The van der Waals surface area contributed by atoms with Crippen LogP contribution in [0.1, 0.15) is 41.2 Å². The molecule has 25 heavy (non-hydrogen) atoms. The highest BCUT2D eigenvalue weighted by molar-refractivity contribution is 6.05. The van der Waals surface area contributed by atoms with Crippen molar-refractivity contribution in [3.8, 4) is 0 Å². The van der Waals surface area contributed by atoms with Gasteiger partial charge in [-0.2, -0.15) is 5.10 Å². The van der Waals surface area contributed by atoms with Crippen LogP contribution in [0.25, 0.3) is 0 Å². The molecule has 1 aliphatic heterocycles. The van der Waals surface area contributed by atoms with Crippen molar-refractivity contribution >= 4 is 11.6 Å². The van der Waals surface area contributed by atoms with E-state index in [1.54, 1.807) is 17.2 Å². The minimum absolute atomic E-state index is 0.107. The van der Waals surface area contributed by atoms with Crippen LogP contribution in [-0.4, -0.2) is 27.4 Å². The first-order valence-corrected chi connectivity index (χ1v) is 8.60. The van der Waals surface area contributed by atoms with Crippen LogP contribution in [-0.2, 0) is 12.8 Å². The quantitative estimate of drug-likeness (QED) is 0.733. The SMILES string of the molecule is CCCc1cc(C(=O)N2CC(n3cccn3)Cc3ccccc32)no1. The third-order valence-corrected chi connectivity index (χ3v) is 4.55. The first-order chi connectivity index (χ1) is 12.3. The molecule has 0 N–H and O–H groups in total. The summed E-state index contributed by atoms with van der Waals surface area (Å²) in [4.78, 5) is 14.9. The lowest BCUT2D eigenvalue weighted by atomic mass is 9.97. The number of anilines is 1. The van der Waals surface area contributed by atoms with E-state index in [-0.39, 0.29) is 11.9 Å². The summed E-state index contributed by atoms with van der Waals surface area (Å²) in [5, 5.41) is 8.33. The van der Waals surface area contributed by atoms with Crippen molar-refractivity contribution in [3.05, 3.63) is 65.8 Å². The first kappa shape index (κ1) is 15.6. The van der Waals surface area contributed by atoms with E-state index in [9.17, 15) is 4.79 Å². The summed E-state index contributed by atoms with van der Waals surface area (Å²) < 4.78 is 7.21. The molecule has 1 unspecified atom stereocenters. The molecule has 4 rings (SSSR count). The number of para-hydroxylation sites is 1. The van der Waals surface area contributed by atoms with Crippen LogP contribution < -0.4 is 4.90 Å². The van der Waals surface area contributed by atoms with Crippen molar-refractivity contribution < 1.29 is 9.32 Å². The van der Waals surface area contributed by atoms with Gasteiger partial charge in [-0.1, -0.05) is 30.3 Å². The molecule has 0 aliphatic carbocycles. The summed E-state index contributed by atoms with van der Waals surface area (Å²) in [6.07, 6.45) is 6.29. The maximum Gasteiger partial charge on any atom is 0.280 e. The average Bonchev–Trinajstić information content (AvgIpc) is 3.32. The second-order valence-corrected chi connectivity index (χ2v) is 6.32. The van der Waals surface area contributed by atoms with Gasteiger partial charge < -0.3 is 9.42 Å². The Balaban J connectivity index is 1.67. The normalized spacial score (nSPS) is 16.7. The van der Waals surface area contributed by atoms with E-state index < -0.39 is 0 Å². The standard InChI is InChI=1S/C19H20N4O2/c1-2-6-16-12-17(21-25-16)19(24)22-13-15(23-10-5-9-20-23)11-14-7-3-4-8-18(14)22/h3-5,7-10,12,15H,2,6,11,13H2,1H3. The van der Waals surface area contributed by atoms with E-state index in [0.29, 0.717) is 12.2 Å². The molecule has 0 saturated heterocycles. The predicted molar refractivity (Wildman–Crippen MR) is 93.6 cm³/mol. The zero-order valence-corrected chi connectivity index (χ0v) is 14.1. The molecule has 1 aromatic carbocycles. The average molecular weight is 336 g/mol. The van der Waals surface area contributed by atoms with Crippen LogP contribution in [0.3, 0.4) is 0 Å². The summed E-state index contributed by atoms with van der Waals surface area (Å²) >= 11 is 0. The largest absolute Gasteiger partial charge is 0.361 e. The number of aryl methyl sites for hydroxylation is 1. The number of aromatic nitrogens is 3. The van der Waals surface area contributed by atoms with Crippen molar-refractivity contribution in [3.63, 3.8) is 0 Å². The van der Waals surface area contributed by atoms with Crippen molar-refractivity contribution in [2.45, 2.75) is 32.2 Å². The third-order valence-electron chi connectivity index (χ3n) is 4.55. The Morgan fingerprint density at radius 3 is 3.00 bits per heavy atom. The highest BCUT2D eigenvalue weighted by atomic mass is 16.5. The van der Waals surface area contributed by atoms with Gasteiger partial charge in [0.25, 0.3) is 5.91 Å². The molecule has 2 aromatic heterocycles. The van der Waals surface area contributed by atoms with Gasteiger partial charge in [-0.25, -0.2) is 0 Å². The van der Waals surface area contributed by atoms with Gasteiger partial charge in [0, 0.05) is 37.1 Å². The molecule has 3 aromatic rings. The molecule has 3 heterocycles. The number of carbonyl (C=O) groups excluding carboxylic acids is 1. The van der Waals surface area contributed by atoms with Crippen LogP contribution in [0, 0.1) is 0 Å². The Morgan fingerprint density at radius 1 is 1.32 bits per heavy atom. The number of amides is 1. The Labute approximate surface area is 146 Å². The Hall–Kier alpha value is -2.89. The van der Waals surface area contributed by atoms with E-state index in [4.69, 9.17) is 4.52 Å². The summed E-state index contributed by atoms with van der Waals surface area (Å²) in [5.41, 5.74) is 2.44. The van der Waals surface area contributed by atoms with Gasteiger partial charge >= 0.3 is 0 Å². The van der Waals surface area contributed by atoms with E-state index in [0.717, 1.165) is 36.3 Å². The van der Waals surface area contributed by atoms with Gasteiger partial charge in [0.1, 0.15) is 5.76 Å². The number of hydrogen-bond acceptors (Lipinski definition) is 4. The van der Waals surface area contributed by atoms with E-state index >= 15 is 0 Å². The molecule has 6 nitrogen and oxygen atoms in total.